The van der Waals surface area contributed by atoms with E-state index in [-0.39, 0.29) is 42.2 Å². The van der Waals surface area contributed by atoms with Crippen molar-refractivity contribution < 1.29 is 31.1 Å². The van der Waals surface area contributed by atoms with Crippen molar-refractivity contribution in [2.75, 3.05) is 13.1 Å². The average Bonchev–Trinajstić information content (AvgIpc) is 2.91. The highest BCUT2D eigenvalue weighted by molar-refractivity contribution is 5.33. The first-order valence-electron chi connectivity index (χ1n) is 12.8. The molecule has 3 atom stereocenters. The standard InChI is InChI=1S/C30H29F6NO/c31-29(32,33)24-15-21(16-25(18-24)30(34,35)36)19-38-28-23-11-13-37(14-12-23)27(28)26(22-9-5-2-6-10-22)17-20-7-3-1-4-8-20/h1-10,15-16,18,23,26-28H,11-14,17,19H2/t26-,27-,28+/m1/s1. The molecule has 202 valence electrons. The van der Waals surface area contributed by atoms with E-state index in [9.17, 15) is 26.3 Å². The minimum absolute atomic E-state index is 0.0435. The van der Waals surface area contributed by atoms with Crippen molar-refractivity contribution in [2.24, 2.45) is 5.92 Å². The van der Waals surface area contributed by atoms with Crippen molar-refractivity contribution in [3.63, 3.8) is 0 Å². The van der Waals surface area contributed by atoms with Crippen LogP contribution in [0.2, 0.25) is 0 Å². The number of benzene rings is 3. The van der Waals surface area contributed by atoms with Gasteiger partial charge in [0.25, 0.3) is 0 Å². The minimum atomic E-state index is -4.89. The summed E-state index contributed by atoms with van der Waals surface area (Å²) >= 11 is 0. The number of fused-ring (bicyclic) bond motifs is 3. The molecule has 3 aliphatic rings. The maximum absolute atomic E-state index is 13.4. The zero-order chi connectivity index (χ0) is 26.9. The molecule has 0 saturated carbocycles. The molecule has 3 aromatic rings. The smallest absolute Gasteiger partial charge is 0.372 e. The molecule has 0 unspecified atom stereocenters. The topological polar surface area (TPSA) is 12.5 Å². The highest BCUT2D eigenvalue weighted by atomic mass is 19.4. The Hall–Kier alpha value is -2.84. The summed E-state index contributed by atoms with van der Waals surface area (Å²) in [5, 5.41) is 0. The number of ether oxygens (including phenoxy) is 1. The predicted octanol–water partition coefficient (Wildman–Crippen LogP) is 7.73. The normalized spacial score (nSPS) is 24.4. The molecule has 0 amide bonds. The summed E-state index contributed by atoms with van der Waals surface area (Å²) in [7, 11) is 0. The monoisotopic (exact) mass is 533 g/mol. The van der Waals surface area contributed by atoms with Crippen LogP contribution in [-0.2, 0) is 30.1 Å². The second-order valence-electron chi connectivity index (χ2n) is 10.3. The third-order valence-corrected chi connectivity index (χ3v) is 7.83. The summed E-state index contributed by atoms with van der Waals surface area (Å²) in [6, 6.07) is 21.8. The van der Waals surface area contributed by atoms with Crippen LogP contribution in [0.25, 0.3) is 0 Å². The van der Waals surface area contributed by atoms with Crippen LogP contribution in [0, 0.1) is 5.92 Å². The number of hydrogen-bond donors (Lipinski definition) is 0. The third-order valence-electron chi connectivity index (χ3n) is 7.83. The molecule has 0 aliphatic carbocycles. The second kappa shape index (κ2) is 10.7. The van der Waals surface area contributed by atoms with Crippen LogP contribution in [0.15, 0.2) is 78.9 Å². The summed E-state index contributed by atoms with van der Waals surface area (Å²) < 4.78 is 86.7. The fourth-order valence-corrected chi connectivity index (χ4v) is 6.05. The van der Waals surface area contributed by atoms with Crippen LogP contribution in [0.3, 0.4) is 0 Å². The summed E-state index contributed by atoms with van der Waals surface area (Å²) in [6.45, 7) is 1.48. The van der Waals surface area contributed by atoms with Crippen molar-refractivity contribution in [3.05, 3.63) is 107 Å². The van der Waals surface area contributed by atoms with Gasteiger partial charge in [-0.25, -0.2) is 0 Å². The van der Waals surface area contributed by atoms with E-state index in [1.807, 2.05) is 36.4 Å². The van der Waals surface area contributed by atoms with Gasteiger partial charge in [0.1, 0.15) is 0 Å². The van der Waals surface area contributed by atoms with Crippen LogP contribution < -0.4 is 0 Å². The Kier molecular flexibility index (Phi) is 7.56. The van der Waals surface area contributed by atoms with E-state index in [4.69, 9.17) is 4.74 Å². The molecular formula is C30H29F6NO. The fourth-order valence-electron chi connectivity index (χ4n) is 6.05. The molecule has 2 bridgehead atoms. The molecule has 3 aliphatic heterocycles. The molecule has 0 spiro atoms. The van der Waals surface area contributed by atoms with E-state index in [0.717, 1.165) is 55.6 Å². The molecular weight excluding hydrogens is 504 g/mol. The summed E-state index contributed by atoms with van der Waals surface area (Å²) in [6.07, 6.45) is -7.55. The lowest BCUT2D eigenvalue weighted by Gasteiger charge is -2.53. The zero-order valence-corrected chi connectivity index (χ0v) is 20.7. The van der Waals surface area contributed by atoms with Gasteiger partial charge in [-0.05, 0) is 73.2 Å². The second-order valence-corrected chi connectivity index (χ2v) is 10.3. The Morgan fingerprint density at radius 2 is 1.29 bits per heavy atom. The number of hydrogen-bond acceptors (Lipinski definition) is 2. The van der Waals surface area contributed by atoms with E-state index in [0.29, 0.717) is 0 Å². The maximum Gasteiger partial charge on any atom is 0.416 e. The van der Waals surface area contributed by atoms with Crippen molar-refractivity contribution in [2.45, 2.75) is 56.3 Å². The number of halogens is 6. The summed E-state index contributed by atoms with van der Waals surface area (Å²) in [4.78, 5) is 2.39. The van der Waals surface area contributed by atoms with Crippen LogP contribution in [0.1, 0.15) is 46.6 Å². The van der Waals surface area contributed by atoms with Gasteiger partial charge in [-0.1, -0.05) is 60.7 Å². The lowest BCUT2D eigenvalue weighted by atomic mass is 9.72. The summed E-state index contributed by atoms with van der Waals surface area (Å²) in [5.41, 5.74) is -0.455. The highest BCUT2D eigenvalue weighted by Gasteiger charge is 2.47. The minimum Gasteiger partial charge on any atom is -0.372 e. The highest BCUT2D eigenvalue weighted by Crippen LogP contribution is 2.43. The Morgan fingerprint density at radius 3 is 1.84 bits per heavy atom. The maximum atomic E-state index is 13.4. The number of nitrogens with zero attached hydrogens (tertiary/aromatic N) is 1. The SMILES string of the molecule is FC(F)(F)c1cc(CO[C@H]2C3CCN(CC3)[C@@H]2[C@H](Cc2ccccc2)c2ccccc2)cc(C(F)(F)F)c1. The largest absolute Gasteiger partial charge is 0.416 e. The van der Waals surface area contributed by atoms with E-state index in [2.05, 4.69) is 29.2 Å². The van der Waals surface area contributed by atoms with Crippen molar-refractivity contribution in [3.8, 4) is 0 Å². The van der Waals surface area contributed by atoms with Crippen LogP contribution in [0.5, 0.6) is 0 Å². The van der Waals surface area contributed by atoms with Crippen molar-refractivity contribution >= 4 is 0 Å². The van der Waals surface area contributed by atoms with E-state index < -0.39 is 23.5 Å². The Bertz CT molecular complexity index is 1170. The molecule has 2 nitrogen and oxygen atoms in total. The third kappa shape index (κ3) is 5.91. The Balaban J connectivity index is 1.46. The number of alkyl halides is 6. The Labute approximate surface area is 218 Å². The van der Waals surface area contributed by atoms with Gasteiger partial charge >= 0.3 is 12.4 Å². The van der Waals surface area contributed by atoms with Gasteiger partial charge in [0.05, 0.1) is 23.8 Å². The van der Waals surface area contributed by atoms with Gasteiger partial charge in [0, 0.05) is 12.0 Å². The predicted molar refractivity (Wildman–Crippen MR) is 132 cm³/mol. The quantitative estimate of drug-likeness (QED) is 0.288. The van der Waals surface area contributed by atoms with Crippen molar-refractivity contribution in [1.82, 2.24) is 4.90 Å². The van der Waals surface area contributed by atoms with E-state index in [1.165, 1.54) is 0 Å². The first-order chi connectivity index (χ1) is 18.1. The molecule has 3 heterocycles. The van der Waals surface area contributed by atoms with Gasteiger partial charge in [-0.3, -0.25) is 4.90 Å². The van der Waals surface area contributed by atoms with Crippen LogP contribution in [-0.4, -0.2) is 30.1 Å². The molecule has 0 N–H and O–H groups in total. The van der Waals surface area contributed by atoms with Gasteiger partial charge < -0.3 is 4.74 Å². The molecule has 0 radical (unpaired) electrons. The van der Waals surface area contributed by atoms with Crippen LogP contribution in [0.4, 0.5) is 26.3 Å². The van der Waals surface area contributed by atoms with Gasteiger partial charge in [-0.15, -0.1) is 0 Å². The zero-order valence-electron chi connectivity index (χ0n) is 20.7. The van der Waals surface area contributed by atoms with Crippen molar-refractivity contribution in [1.29, 1.82) is 0 Å². The van der Waals surface area contributed by atoms with Gasteiger partial charge in [-0.2, -0.15) is 26.3 Å². The molecule has 8 heteroatoms. The van der Waals surface area contributed by atoms with Gasteiger partial charge in [0.15, 0.2) is 0 Å². The Morgan fingerprint density at radius 1 is 0.737 bits per heavy atom. The van der Waals surface area contributed by atoms with E-state index in [1.54, 1.807) is 0 Å². The molecule has 3 saturated heterocycles. The molecule has 38 heavy (non-hydrogen) atoms. The lowest BCUT2D eigenvalue weighted by molar-refractivity contribution is -0.143. The number of rotatable bonds is 7. The fraction of sp³-hybridized carbons (Fsp3) is 0.400. The lowest BCUT2D eigenvalue weighted by Crippen LogP contribution is -2.61. The first kappa shape index (κ1) is 26.8. The van der Waals surface area contributed by atoms with Gasteiger partial charge in [0.2, 0.25) is 0 Å². The summed E-state index contributed by atoms with van der Waals surface area (Å²) in [5.74, 6) is 0.249. The molecule has 0 aromatic heterocycles. The molecule has 3 fully saturated rings. The molecule has 6 rings (SSSR count). The molecule has 3 aromatic carbocycles. The average molecular weight is 534 g/mol. The number of piperidine rings is 3. The first-order valence-corrected chi connectivity index (χ1v) is 12.8. The van der Waals surface area contributed by atoms with E-state index >= 15 is 0 Å². The van der Waals surface area contributed by atoms with Crippen LogP contribution >= 0.6 is 0 Å².